The van der Waals surface area contributed by atoms with Crippen molar-refractivity contribution >= 4 is 5.97 Å². The van der Waals surface area contributed by atoms with E-state index in [1.165, 1.54) is 82.8 Å². The van der Waals surface area contributed by atoms with E-state index in [2.05, 4.69) is 6.92 Å². The molecule has 0 saturated heterocycles. The molecule has 4 heteroatoms. The summed E-state index contributed by atoms with van der Waals surface area (Å²) in [6.07, 6.45) is 16.2. The van der Waals surface area contributed by atoms with Gasteiger partial charge in [-0.05, 0) is 67.9 Å². The summed E-state index contributed by atoms with van der Waals surface area (Å²) in [4.78, 5) is 12.1. The van der Waals surface area contributed by atoms with Gasteiger partial charge in [0, 0.05) is 12.5 Å². The molecule has 164 valence electrons. The Kier molecular flexibility index (Phi) is 8.73. The molecule has 2 aliphatic rings. The number of ether oxygens (including phenoxy) is 1. The van der Waals surface area contributed by atoms with Crippen LogP contribution in [0.5, 0.6) is 5.75 Å². The Hall–Kier alpha value is -1.89. The molecule has 0 radical (unpaired) electrons. The Morgan fingerprint density at radius 2 is 1.63 bits per heavy atom. The molecular weight excluding hydrogens is 377 g/mol. The van der Waals surface area contributed by atoms with Gasteiger partial charge in [-0.1, -0.05) is 51.9 Å². The molecule has 2 saturated carbocycles. The minimum Gasteiger partial charge on any atom is -0.426 e. The summed E-state index contributed by atoms with van der Waals surface area (Å²) in [5, 5.41) is 8.77. The molecule has 0 N–H and O–H groups in total. The summed E-state index contributed by atoms with van der Waals surface area (Å²) in [5.74, 6) is 2.62. The summed E-state index contributed by atoms with van der Waals surface area (Å²) in [7, 11) is 0. The number of nitriles is 1. The van der Waals surface area contributed by atoms with Crippen molar-refractivity contribution in [3.63, 3.8) is 0 Å². The molecule has 2 aliphatic carbocycles. The van der Waals surface area contributed by atoms with E-state index in [0.717, 1.165) is 30.2 Å². The second kappa shape index (κ2) is 11.5. The lowest BCUT2D eigenvalue weighted by atomic mass is 9.68. The van der Waals surface area contributed by atoms with Gasteiger partial charge in [-0.15, -0.1) is 0 Å². The summed E-state index contributed by atoms with van der Waals surface area (Å²) < 4.78 is 18.9. The van der Waals surface area contributed by atoms with E-state index in [4.69, 9.17) is 10.00 Å². The molecular formula is C26H36FNO2. The summed E-state index contributed by atoms with van der Waals surface area (Å²) in [5.41, 5.74) is -0.0407. The van der Waals surface area contributed by atoms with E-state index in [1.54, 1.807) is 6.07 Å². The highest BCUT2D eigenvalue weighted by Crippen LogP contribution is 2.43. The number of benzene rings is 1. The molecule has 0 atom stereocenters. The van der Waals surface area contributed by atoms with Crippen molar-refractivity contribution in [2.24, 2.45) is 23.7 Å². The van der Waals surface area contributed by atoms with Gasteiger partial charge in [-0.25, -0.2) is 4.39 Å². The van der Waals surface area contributed by atoms with Crippen LogP contribution in [0.3, 0.4) is 0 Å². The van der Waals surface area contributed by atoms with Crippen molar-refractivity contribution in [3.8, 4) is 11.8 Å². The SMILES string of the molecule is CCCCC1CCC(C2CCC(CCC(=O)Oc3ccc(C#N)c(F)c3)CC2)CC1. The fraction of sp³-hybridized carbons (Fsp3) is 0.692. The van der Waals surface area contributed by atoms with Gasteiger partial charge in [0.25, 0.3) is 0 Å². The molecule has 0 unspecified atom stereocenters. The van der Waals surface area contributed by atoms with E-state index in [9.17, 15) is 9.18 Å². The third-order valence-corrected chi connectivity index (χ3v) is 7.46. The monoisotopic (exact) mass is 413 g/mol. The Balaban J connectivity index is 1.34. The highest BCUT2D eigenvalue weighted by molar-refractivity contribution is 5.72. The van der Waals surface area contributed by atoms with E-state index in [-0.39, 0.29) is 17.3 Å². The first-order valence-corrected chi connectivity index (χ1v) is 12.0. The van der Waals surface area contributed by atoms with Crippen LogP contribution in [0.1, 0.15) is 96.0 Å². The molecule has 0 heterocycles. The van der Waals surface area contributed by atoms with Gasteiger partial charge in [-0.3, -0.25) is 4.79 Å². The molecule has 0 amide bonds. The number of hydrogen-bond acceptors (Lipinski definition) is 3. The number of halogens is 1. The van der Waals surface area contributed by atoms with E-state index < -0.39 is 5.82 Å². The Morgan fingerprint density at radius 1 is 1.03 bits per heavy atom. The smallest absolute Gasteiger partial charge is 0.311 e. The Labute approximate surface area is 181 Å². The standard InChI is InChI=1S/C26H36FNO2/c1-2-3-4-19-5-10-21(11-6-19)22-12-7-20(8-13-22)9-16-26(29)30-24-15-14-23(18-28)25(27)17-24/h14-15,17,19-22H,2-13,16H2,1H3. The average molecular weight is 414 g/mol. The van der Waals surface area contributed by atoms with Crippen molar-refractivity contribution in [2.45, 2.75) is 90.4 Å². The number of rotatable bonds is 8. The molecule has 3 nitrogen and oxygen atoms in total. The molecule has 0 spiro atoms. The zero-order valence-electron chi connectivity index (χ0n) is 18.4. The molecule has 30 heavy (non-hydrogen) atoms. The molecule has 1 aromatic carbocycles. The van der Waals surface area contributed by atoms with Crippen LogP contribution in [0.25, 0.3) is 0 Å². The average Bonchev–Trinajstić information content (AvgIpc) is 2.77. The van der Waals surface area contributed by atoms with E-state index in [0.29, 0.717) is 12.3 Å². The van der Waals surface area contributed by atoms with Gasteiger partial charge in [0.1, 0.15) is 17.6 Å². The first-order chi connectivity index (χ1) is 14.6. The van der Waals surface area contributed by atoms with Crippen LogP contribution in [0, 0.1) is 40.8 Å². The Bertz CT molecular complexity index is 725. The van der Waals surface area contributed by atoms with Crippen LogP contribution in [0.4, 0.5) is 4.39 Å². The summed E-state index contributed by atoms with van der Waals surface area (Å²) >= 11 is 0. The highest BCUT2D eigenvalue weighted by atomic mass is 19.1. The van der Waals surface area contributed by atoms with Gasteiger partial charge in [0.2, 0.25) is 0 Å². The molecule has 1 aromatic rings. The van der Waals surface area contributed by atoms with Crippen LogP contribution >= 0.6 is 0 Å². The quantitative estimate of drug-likeness (QED) is 0.335. The van der Waals surface area contributed by atoms with Gasteiger partial charge >= 0.3 is 5.97 Å². The predicted molar refractivity (Wildman–Crippen MR) is 116 cm³/mol. The number of hydrogen-bond donors (Lipinski definition) is 0. The lowest BCUT2D eigenvalue weighted by Crippen LogP contribution is -2.26. The summed E-state index contributed by atoms with van der Waals surface area (Å²) in [6.45, 7) is 2.29. The number of carbonyl (C=O) groups excluding carboxylic acids is 1. The third kappa shape index (κ3) is 6.56. The molecule has 0 aromatic heterocycles. The molecule has 0 bridgehead atoms. The van der Waals surface area contributed by atoms with Crippen LogP contribution < -0.4 is 4.74 Å². The molecule has 2 fully saturated rings. The number of carbonyl (C=O) groups is 1. The van der Waals surface area contributed by atoms with Crippen molar-refractivity contribution < 1.29 is 13.9 Å². The van der Waals surface area contributed by atoms with Crippen molar-refractivity contribution in [1.29, 1.82) is 5.26 Å². The maximum atomic E-state index is 13.6. The highest BCUT2D eigenvalue weighted by Gasteiger charge is 2.30. The van der Waals surface area contributed by atoms with Crippen LogP contribution in [0.2, 0.25) is 0 Å². The van der Waals surface area contributed by atoms with Gasteiger partial charge in [-0.2, -0.15) is 5.26 Å². The normalized spacial score (nSPS) is 26.7. The summed E-state index contributed by atoms with van der Waals surface area (Å²) in [6, 6.07) is 5.69. The van der Waals surface area contributed by atoms with Crippen LogP contribution in [0.15, 0.2) is 18.2 Å². The number of nitrogens with zero attached hydrogens (tertiary/aromatic N) is 1. The van der Waals surface area contributed by atoms with Gasteiger partial charge in [0.05, 0.1) is 5.56 Å². The zero-order chi connectivity index (χ0) is 21.3. The first kappa shape index (κ1) is 22.8. The third-order valence-electron chi connectivity index (χ3n) is 7.46. The van der Waals surface area contributed by atoms with Gasteiger partial charge < -0.3 is 4.74 Å². The Morgan fingerprint density at radius 3 is 2.17 bits per heavy atom. The number of esters is 1. The zero-order valence-corrected chi connectivity index (χ0v) is 18.4. The fourth-order valence-corrected chi connectivity index (χ4v) is 5.54. The minimum atomic E-state index is -0.652. The van der Waals surface area contributed by atoms with Crippen molar-refractivity contribution in [2.75, 3.05) is 0 Å². The van der Waals surface area contributed by atoms with Gasteiger partial charge in [0.15, 0.2) is 0 Å². The molecule has 3 rings (SSSR count). The lowest BCUT2D eigenvalue weighted by molar-refractivity contribution is -0.134. The lowest BCUT2D eigenvalue weighted by Gasteiger charge is -2.38. The second-order valence-electron chi connectivity index (χ2n) is 9.47. The predicted octanol–water partition coefficient (Wildman–Crippen LogP) is 7.19. The topological polar surface area (TPSA) is 50.1 Å². The first-order valence-electron chi connectivity index (χ1n) is 12.0. The van der Waals surface area contributed by atoms with E-state index in [1.807, 2.05) is 0 Å². The largest absolute Gasteiger partial charge is 0.426 e. The molecule has 0 aliphatic heterocycles. The van der Waals surface area contributed by atoms with Crippen LogP contribution in [-0.4, -0.2) is 5.97 Å². The fourth-order valence-electron chi connectivity index (χ4n) is 5.54. The van der Waals surface area contributed by atoms with Crippen molar-refractivity contribution in [1.82, 2.24) is 0 Å². The van der Waals surface area contributed by atoms with Crippen molar-refractivity contribution in [3.05, 3.63) is 29.6 Å². The van der Waals surface area contributed by atoms with E-state index >= 15 is 0 Å². The maximum Gasteiger partial charge on any atom is 0.311 e. The second-order valence-corrected chi connectivity index (χ2v) is 9.47. The minimum absolute atomic E-state index is 0.0407. The number of unbranched alkanes of at least 4 members (excludes halogenated alkanes) is 1. The van der Waals surface area contributed by atoms with Crippen LogP contribution in [-0.2, 0) is 4.79 Å². The maximum absolute atomic E-state index is 13.6.